The van der Waals surface area contributed by atoms with Gasteiger partial charge in [0.25, 0.3) is 11.6 Å². The van der Waals surface area contributed by atoms with Gasteiger partial charge in [-0.3, -0.25) is 14.9 Å². The molecule has 0 saturated carbocycles. The number of aryl methyl sites for hydroxylation is 1. The molecular weight excluding hydrogens is 476 g/mol. The Bertz CT molecular complexity index is 1480. The number of fused-ring (bicyclic) bond motifs is 2. The van der Waals surface area contributed by atoms with Crippen molar-refractivity contribution >= 4 is 28.9 Å². The Labute approximate surface area is 213 Å². The Hall–Kier alpha value is -4.16. The molecule has 1 amide bonds. The van der Waals surface area contributed by atoms with Crippen molar-refractivity contribution in [2.75, 3.05) is 12.0 Å². The van der Waals surface area contributed by atoms with Crippen molar-refractivity contribution in [3.63, 3.8) is 0 Å². The van der Waals surface area contributed by atoms with Crippen LogP contribution in [0.5, 0.6) is 5.75 Å². The lowest BCUT2D eigenvalue weighted by atomic mass is 9.82. The summed E-state index contributed by atoms with van der Waals surface area (Å²) < 4.78 is 5.81. The second-order valence-corrected chi connectivity index (χ2v) is 9.15. The zero-order valence-electron chi connectivity index (χ0n) is 19.8. The Morgan fingerprint density at radius 1 is 1.00 bits per heavy atom. The number of amides is 1. The normalized spacial score (nSPS) is 14.4. The van der Waals surface area contributed by atoms with Crippen molar-refractivity contribution in [3.05, 3.63) is 133 Å². The van der Waals surface area contributed by atoms with Crippen molar-refractivity contribution in [1.82, 2.24) is 0 Å². The fourth-order valence-electron chi connectivity index (χ4n) is 4.89. The van der Waals surface area contributed by atoms with Crippen LogP contribution in [0.2, 0.25) is 5.02 Å². The van der Waals surface area contributed by atoms with Crippen LogP contribution in [0.1, 0.15) is 44.1 Å². The number of carbonyl (C=O) groups excluding carboxylic acids is 1. The third kappa shape index (κ3) is 4.10. The van der Waals surface area contributed by atoms with Gasteiger partial charge in [0.05, 0.1) is 18.6 Å². The van der Waals surface area contributed by atoms with Crippen LogP contribution in [0.15, 0.2) is 84.9 Å². The number of non-ortho nitro benzene ring substituents is 1. The van der Waals surface area contributed by atoms with Gasteiger partial charge in [0.15, 0.2) is 0 Å². The largest absolute Gasteiger partial charge is 0.496 e. The number of ether oxygens (including phenoxy) is 1. The maximum Gasteiger partial charge on any atom is 0.269 e. The number of carbonyl (C=O) groups is 1. The molecule has 1 unspecified atom stereocenters. The van der Waals surface area contributed by atoms with Gasteiger partial charge < -0.3 is 9.64 Å². The number of halogens is 1. The van der Waals surface area contributed by atoms with Gasteiger partial charge >= 0.3 is 0 Å². The molecule has 0 aromatic heterocycles. The lowest BCUT2D eigenvalue weighted by Gasteiger charge is -2.26. The van der Waals surface area contributed by atoms with E-state index >= 15 is 0 Å². The first-order valence-electron chi connectivity index (χ1n) is 11.5. The van der Waals surface area contributed by atoms with E-state index in [2.05, 4.69) is 6.07 Å². The Morgan fingerprint density at radius 3 is 2.44 bits per heavy atom. The van der Waals surface area contributed by atoms with Crippen LogP contribution in [0.3, 0.4) is 0 Å². The van der Waals surface area contributed by atoms with Crippen molar-refractivity contribution in [2.24, 2.45) is 0 Å². The second-order valence-electron chi connectivity index (χ2n) is 8.75. The first-order chi connectivity index (χ1) is 17.4. The number of hydrogen-bond donors (Lipinski definition) is 0. The van der Waals surface area contributed by atoms with E-state index in [4.69, 9.17) is 16.3 Å². The van der Waals surface area contributed by atoms with Crippen LogP contribution in [-0.4, -0.2) is 17.9 Å². The highest BCUT2D eigenvalue weighted by molar-refractivity contribution is 6.31. The fraction of sp³-hybridized carbons (Fsp3) is 0.138. The molecule has 1 aliphatic heterocycles. The summed E-state index contributed by atoms with van der Waals surface area (Å²) in [5.41, 5.74) is 5.85. The molecule has 0 saturated heterocycles. The summed E-state index contributed by atoms with van der Waals surface area (Å²) in [7, 11) is 1.64. The number of benzene rings is 4. The molecule has 0 spiro atoms. The number of nitrogens with zero attached hydrogens (tertiary/aromatic N) is 2. The topological polar surface area (TPSA) is 72.7 Å². The third-order valence-corrected chi connectivity index (χ3v) is 6.91. The second kappa shape index (κ2) is 9.47. The van der Waals surface area contributed by atoms with Gasteiger partial charge in [-0.25, -0.2) is 0 Å². The lowest BCUT2D eigenvalue weighted by Crippen LogP contribution is -2.30. The van der Waals surface area contributed by atoms with E-state index in [-0.39, 0.29) is 17.5 Å². The standard InChI is InChI=1S/C29H23ClN2O4/c1-18-10-15-25-23(16-18)28(22-7-3-4-8-24(22)30)27-20(6-5-9-26(27)36-2)17-31(25)29(33)19-11-13-21(14-12-19)32(34)35/h3-16,28H,17H2,1-2H3. The molecule has 5 rings (SSSR count). The zero-order chi connectivity index (χ0) is 25.4. The smallest absolute Gasteiger partial charge is 0.269 e. The molecule has 0 N–H and O–H groups in total. The van der Waals surface area contributed by atoms with Crippen molar-refractivity contribution in [2.45, 2.75) is 19.4 Å². The number of hydrogen-bond acceptors (Lipinski definition) is 4. The van der Waals surface area contributed by atoms with Crippen LogP contribution in [-0.2, 0) is 6.54 Å². The van der Waals surface area contributed by atoms with Crippen molar-refractivity contribution < 1.29 is 14.5 Å². The van der Waals surface area contributed by atoms with Gasteiger partial charge in [-0.2, -0.15) is 0 Å². The molecular formula is C29H23ClN2O4. The van der Waals surface area contributed by atoms with Gasteiger partial charge in [0.2, 0.25) is 0 Å². The highest BCUT2D eigenvalue weighted by Gasteiger charge is 2.34. The number of anilines is 1. The van der Waals surface area contributed by atoms with E-state index < -0.39 is 4.92 Å². The predicted octanol–water partition coefficient (Wildman–Crippen LogP) is 6.91. The maximum absolute atomic E-state index is 13.9. The Morgan fingerprint density at radius 2 is 1.75 bits per heavy atom. The number of nitro groups is 1. The van der Waals surface area contributed by atoms with E-state index in [1.54, 1.807) is 12.0 Å². The molecule has 0 radical (unpaired) electrons. The van der Waals surface area contributed by atoms with E-state index in [9.17, 15) is 14.9 Å². The molecule has 4 aromatic rings. The third-order valence-electron chi connectivity index (χ3n) is 6.56. The minimum Gasteiger partial charge on any atom is -0.496 e. The van der Waals surface area contributed by atoms with E-state index in [1.807, 2.05) is 61.5 Å². The molecule has 1 atom stereocenters. The molecule has 0 bridgehead atoms. The first-order valence-corrected chi connectivity index (χ1v) is 11.8. The highest BCUT2D eigenvalue weighted by Crippen LogP contribution is 2.48. The monoisotopic (exact) mass is 498 g/mol. The summed E-state index contributed by atoms with van der Waals surface area (Å²) in [6, 6.07) is 25.3. The van der Waals surface area contributed by atoms with E-state index in [0.29, 0.717) is 17.1 Å². The van der Waals surface area contributed by atoms with Crippen LogP contribution in [0.4, 0.5) is 11.4 Å². The minimum atomic E-state index is -0.477. The molecule has 1 heterocycles. The quantitative estimate of drug-likeness (QED) is 0.226. The first kappa shape index (κ1) is 23.6. The van der Waals surface area contributed by atoms with Crippen LogP contribution in [0.25, 0.3) is 0 Å². The van der Waals surface area contributed by atoms with Gasteiger partial charge in [0.1, 0.15) is 5.75 Å². The van der Waals surface area contributed by atoms with E-state index in [0.717, 1.165) is 39.3 Å². The summed E-state index contributed by atoms with van der Waals surface area (Å²) in [4.78, 5) is 26.2. The molecule has 180 valence electrons. The molecule has 1 aliphatic rings. The molecule has 36 heavy (non-hydrogen) atoms. The van der Waals surface area contributed by atoms with E-state index in [1.165, 1.54) is 24.3 Å². The van der Waals surface area contributed by atoms with Gasteiger partial charge in [-0.05, 0) is 53.9 Å². The summed E-state index contributed by atoms with van der Waals surface area (Å²) in [6.07, 6.45) is 0. The average molecular weight is 499 g/mol. The van der Waals surface area contributed by atoms with Gasteiger partial charge in [-0.1, -0.05) is 59.6 Å². The maximum atomic E-state index is 13.9. The Balaban J connectivity index is 1.76. The lowest BCUT2D eigenvalue weighted by molar-refractivity contribution is -0.384. The zero-order valence-corrected chi connectivity index (χ0v) is 20.5. The van der Waals surface area contributed by atoms with Crippen LogP contribution >= 0.6 is 11.6 Å². The van der Waals surface area contributed by atoms with Crippen LogP contribution < -0.4 is 9.64 Å². The molecule has 0 aliphatic carbocycles. The number of nitro benzene ring substituents is 1. The fourth-order valence-corrected chi connectivity index (χ4v) is 5.13. The summed E-state index contributed by atoms with van der Waals surface area (Å²) in [5.74, 6) is 0.201. The average Bonchev–Trinajstić information content (AvgIpc) is 3.03. The van der Waals surface area contributed by atoms with Gasteiger partial charge in [-0.15, -0.1) is 0 Å². The summed E-state index contributed by atoms with van der Waals surface area (Å²) >= 11 is 6.74. The minimum absolute atomic E-state index is 0.0627. The van der Waals surface area contributed by atoms with Gasteiger partial charge in [0, 0.05) is 39.9 Å². The molecule has 7 heteroatoms. The number of methoxy groups -OCH3 is 1. The van der Waals surface area contributed by atoms with Crippen molar-refractivity contribution in [3.8, 4) is 5.75 Å². The van der Waals surface area contributed by atoms with Crippen LogP contribution in [0, 0.1) is 17.0 Å². The summed E-state index contributed by atoms with van der Waals surface area (Å²) in [6.45, 7) is 2.32. The molecule has 4 aromatic carbocycles. The molecule has 0 fully saturated rings. The predicted molar refractivity (Wildman–Crippen MR) is 140 cm³/mol. The highest BCUT2D eigenvalue weighted by atomic mass is 35.5. The number of rotatable bonds is 4. The SMILES string of the molecule is COc1cccc2c1C(c1ccccc1Cl)c1cc(C)ccc1N(C(=O)c1ccc([N+](=O)[O-])cc1)C2. The van der Waals surface area contributed by atoms with Crippen molar-refractivity contribution in [1.29, 1.82) is 0 Å². The molecule has 6 nitrogen and oxygen atoms in total. The Kier molecular flexibility index (Phi) is 6.20. The summed E-state index contributed by atoms with van der Waals surface area (Å²) in [5, 5.41) is 11.7.